The lowest BCUT2D eigenvalue weighted by atomic mass is 9.87. The zero-order valence-electron chi connectivity index (χ0n) is 25.9. The molecule has 8 nitrogen and oxygen atoms in total. The van der Waals surface area contributed by atoms with Gasteiger partial charge in [0.15, 0.2) is 0 Å². The minimum atomic E-state index is -0.932. The van der Waals surface area contributed by atoms with E-state index < -0.39 is 17.9 Å². The molecule has 1 atom stereocenters. The molecule has 2 heterocycles. The number of carbonyl (C=O) groups excluding carboxylic acids is 2. The van der Waals surface area contributed by atoms with Crippen molar-refractivity contribution >= 4 is 22.6 Å². The third-order valence-electron chi connectivity index (χ3n) is 8.03. The summed E-state index contributed by atoms with van der Waals surface area (Å²) in [5, 5.41) is 19.5. The van der Waals surface area contributed by atoms with Gasteiger partial charge in [0.05, 0.1) is 17.1 Å². The SMILES string of the molecule is CC(C)(C)c1ccc(-n2nc(-c3cc4ccccc4cn3)cc2-c2cccc(C(=O)N[C@@H](Cc3ccc(O)cc3)C(N)=O)c2)cc1. The number of primary amides is 1. The van der Waals surface area contributed by atoms with Crippen molar-refractivity contribution in [2.75, 3.05) is 0 Å². The van der Waals surface area contributed by atoms with Gasteiger partial charge in [0.1, 0.15) is 17.5 Å². The summed E-state index contributed by atoms with van der Waals surface area (Å²) in [5.41, 5.74) is 11.8. The Balaban J connectivity index is 1.37. The largest absolute Gasteiger partial charge is 0.508 e. The van der Waals surface area contributed by atoms with Gasteiger partial charge in [-0.1, -0.05) is 81.4 Å². The monoisotopic (exact) mass is 609 g/mol. The topological polar surface area (TPSA) is 123 Å². The fourth-order valence-corrected chi connectivity index (χ4v) is 5.39. The minimum Gasteiger partial charge on any atom is -0.508 e. The number of nitrogens with zero attached hydrogens (tertiary/aromatic N) is 3. The number of aromatic hydroxyl groups is 1. The first-order valence-electron chi connectivity index (χ1n) is 15.1. The van der Waals surface area contributed by atoms with E-state index in [9.17, 15) is 14.7 Å². The molecule has 0 aliphatic carbocycles. The highest BCUT2D eigenvalue weighted by Crippen LogP contribution is 2.31. The van der Waals surface area contributed by atoms with Crippen LogP contribution in [0.5, 0.6) is 5.75 Å². The normalized spacial score (nSPS) is 12.2. The first kappa shape index (κ1) is 30.3. The molecule has 0 fully saturated rings. The minimum absolute atomic E-state index is 0.00159. The van der Waals surface area contributed by atoms with Gasteiger partial charge in [-0.2, -0.15) is 5.10 Å². The van der Waals surface area contributed by atoms with Crippen LogP contribution in [0.15, 0.2) is 115 Å². The number of aromatic nitrogens is 3. The van der Waals surface area contributed by atoms with E-state index in [1.54, 1.807) is 30.3 Å². The van der Waals surface area contributed by atoms with Gasteiger partial charge in [-0.25, -0.2) is 4.68 Å². The van der Waals surface area contributed by atoms with Gasteiger partial charge in [0.2, 0.25) is 5.91 Å². The summed E-state index contributed by atoms with van der Waals surface area (Å²) in [6.45, 7) is 6.53. The van der Waals surface area contributed by atoms with Crippen molar-refractivity contribution in [1.29, 1.82) is 0 Å². The maximum atomic E-state index is 13.4. The highest BCUT2D eigenvalue weighted by molar-refractivity contribution is 5.98. The highest BCUT2D eigenvalue weighted by Gasteiger charge is 2.21. The second-order valence-corrected chi connectivity index (χ2v) is 12.4. The van der Waals surface area contributed by atoms with E-state index in [1.165, 1.54) is 17.7 Å². The standard InChI is InChI=1S/C38H35N5O3/c1-38(2,3)29-13-15-30(16-14-29)43-35(22-33(42-43)32-21-25-7-4-5-8-28(25)23-40-32)26-9-6-10-27(20-26)37(46)41-34(36(39)45)19-24-11-17-31(44)18-12-24/h4-18,20-23,34,44H,19H2,1-3H3,(H2,39,45)(H,41,46)/t34-/m0/s1. The van der Waals surface area contributed by atoms with Crippen LogP contribution in [0.25, 0.3) is 39.1 Å². The summed E-state index contributed by atoms with van der Waals surface area (Å²) >= 11 is 0. The summed E-state index contributed by atoms with van der Waals surface area (Å²) in [5.74, 6) is -0.965. The molecule has 8 heteroatoms. The Hall–Kier alpha value is -5.76. The van der Waals surface area contributed by atoms with Crippen molar-refractivity contribution in [1.82, 2.24) is 20.1 Å². The summed E-state index contributed by atoms with van der Waals surface area (Å²) in [6.07, 6.45) is 2.04. The van der Waals surface area contributed by atoms with Gasteiger partial charge in [-0.15, -0.1) is 0 Å². The molecule has 4 aromatic carbocycles. The van der Waals surface area contributed by atoms with Crippen molar-refractivity contribution in [3.8, 4) is 34.1 Å². The molecule has 230 valence electrons. The maximum absolute atomic E-state index is 13.4. The van der Waals surface area contributed by atoms with E-state index in [-0.39, 0.29) is 17.6 Å². The molecule has 0 aliphatic rings. The summed E-state index contributed by atoms with van der Waals surface area (Å²) in [7, 11) is 0. The van der Waals surface area contributed by atoms with Crippen molar-refractivity contribution in [3.05, 3.63) is 132 Å². The molecule has 4 N–H and O–H groups in total. The van der Waals surface area contributed by atoms with Crippen molar-refractivity contribution in [3.63, 3.8) is 0 Å². The predicted molar refractivity (Wildman–Crippen MR) is 181 cm³/mol. The average molecular weight is 610 g/mol. The van der Waals surface area contributed by atoms with Crippen molar-refractivity contribution < 1.29 is 14.7 Å². The molecule has 0 aliphatic heterocycles. The third kappa shape index (κ3) is 6.51. The molecular formula is C38H35N5O3. The molecule has 0 saturated heterocycles. The molecule has 6 aromatic rings. The average Bonchev–Trinajstić information content (AvgIpc) is 3.50. The quantitative estimate of drug-likeness (QED) is 0.180. The Kier molecular flexibility index (Phi) is 8.11. The Morgan fingerprint density at radius 1 is 0.848 bits per heavy atom. The van der Waals surface area contributed by atoms with Crippen LogP contribution in [-0.4, -0.2) is 37.7 Å². The number of nitrogens with one attached hydrogen (secondary N) is 1. The number of rotatable bonds is 8. The summed E-state index contributed by atoms with van der Waals surface area (Å²) in [6, 6.07) is 33.1. The second kappa shape index (κ2) is 12.3. The second-order valence-electron chi connectivity index (χ2n) is 12.4. The first-order chi connectivity index (χ1) is 22.0. The Morgan fingerprint density at radius 2 is 1.57 bits per heavy atom. The van der Waals surface area contributed by atoms with E-state index in [4.69, 9.17) is 15.8 Å². The molecule has 2 amide bonds. The van der Waals surface area contributed by atoms with E-state index in [0.29, 0.717) is 11.3 Å². The zero-order valence-corrected chi connectivity index (χ0v) is 25.9. The lowest BCUT2D eigenvalue weighted by Gasteiger charge is -2.19. The summed E-state index contributed by atoms with van der Waals surface area (Å²) < 4.78 is 1.87. The van der Waals surface area contributed by atoms with Crippen LogP contribution < -0.4 is 11.1 Å². The summed E-state index contributed by atoms with van der Waals surface area (Å²) in [4.78, 5) is 30.4. The van der Waals surface area contributed by atoms with Gasteiger partial charge in [0.25, 0.3) is 5.91 Å². The van der Waals surface area contributed by atoms with E-state index in [0.717, 1.165) is 39.0 Å². The van der Waals surface area contributed by atoms with Gasteiger partial charge in [-0.3, -0.25) is 14.6 Å². The number of phenolic OH excluding ortho intramolecular Hbond substituents is 1. The number of hydrogen-bond acceptors (Lipinski definition) is 5. The van der Waals surface area contributed by atoms with E-state index in [1.807, 2.05) is 65.5 Å². The first-order valence-corrected chi connectivity index (χ1v) is 15.1. The predicted octanol–water partition coefficient (Wildman–Crippen LogP) is 6.58. The fraction of sp³-hybridized carbons (Fsp3) is 0.158. The smallest absolute Gasteiger partial charge is 0.251 e. The molecule has 0 bridgehead atoms. The molecule has 0 unspecified atom stereocenters. The van der Waals surface area contributed by atoms with E-state index >= 15 is 0 Å². The fourth-order valence-electron chi connectivity index (χ4n) is 5.39. The molecule has 0 saturated carbocycles. The Bertz CT molecular complexity index is 2040. The van der Waals surface area contributed by atoms with Crippen molar-refractivity contribution in [2.24, 2.45) is 5.73 Å². The van der Waals surface area contributed by atoms with Gasteiger partial charge in [0, 0.05) is 29.1 Å². The van der Waals surface area contributed by atoms with Gasteiger partial charge < -0.3 is 16.2 Å². The number of nitrogens with two attached hydrogens (primary N) is 1. The number of hydrogen-bond donors (Lipinski definition) is 3. The maximum Gasteiger partial charge on any atom is 0.251 e. The number of amides is 2. The highest BCUT2D eigenvalue weighted by atomic mass is 16.3. The number of fused-ring (bicyclic) bond motifs is 1. The van der Waals surface area contributed by atoms with Crippen molar-refractivity contribution in [2.45, 2.75) is 38.6 Å². The molecule has 46 heavy (non-hydrogen) atoms. The molecule has 0 radical (unpaired) electrons. The third-order valence-corrected chi connectivity index (χ3v) is 8.03. The number of pyridine rings is 1. The zero-order chi connectivity index (χ0) is 32.4. The lowest BCUT2D eigenvalue weighted by molar-refractivity contribution is -0.119. The Labute approximate surface area is 267 Å². The number of carbonyl (C=O) groups is 2. The number of benzene rings is 4. The number of phenols is 1. The van der Waals surface area contributed by atoms with Crippen LogP contribution in [0.2, 0.25) is 0 Å². The van der Waals surface area contributed by atoms with Crippen LogP contribution in [0.1, 0.15) is 42.3 Å². The van der Waals surface area contributed by atoms with E-state index in [2.05, 4.69) is 38.2 Å². The van der Waals surface area contributed by atoms with Crippen LogP contribution in [0.4, 0.5) is 0 Å². The van der Waals surface area contributed by atoms with Gasteiger partial charge in [-0.05, 0) is 70.5 Å². The Morgan fingerprint density at radius 3 is 2.26 bits per heavy atom. The van der Waals surface area contributed by atoms with Gasteiger partial charge >= 0.3 is 0 Å². The molecule has 0 spiro atoms. The molecule has 6 rings (SSSR count). The van der Waals surface area contributed by atoms with Crippen LogP contribution in [0.3, 0.4) is 0 Å². The van der Waals surface area contributed by atoms with Crippen LogP contribution >= 0.6 is 0 Å². The molecule has 2 aromatic heterocycles. The van der Waals surface area contributed by atoms with Crippen LogP contribution in [-0.2, 0) is 16.6 Å². The molecular weight excluding hydrogens is 574 g/mol. The lowest BCUT2D eigenvalue weighted by Crippen LogP contribution is -2.45. The van der Waals surface area contributed by atoms with Crippen LogP contribution in [0, 0.1) is 0 Å².